The highest BCUT2D eigenvalue weighted by molar-refractivity contribution is 6.28. The Hall–Kier alpha value is -0.0800. The summed E-state index contributed by atoms with van der Waals surface area (Å²) in [4.78, 5) is 12.4. The van der Waals surface area contributed by atoms with E-state index in [9.17, 15) is 9.90 Å². The smallest absolute Gasteiger partial charge is 0.151 e. The van der Waals surface area contributed by atoms with Crippen LogP contribution in [0.15, 0.2) is 0 Å². The minimum Gasteiger partial charge on any atom is -0.393 e. The minimum absolute atomic E-state index is 0.0642. The molecule has 3 heteroatoms. The molecule has 4 aliphatic rings. The van der Waals surface area contributed by atoms with Gasteiger partial charge in [0.05, 0.1) is 12.0 Å². The van der Waals surface area contributed by atoms with Crippen LogP contribution in [-0.2, 0) is 4.79 Å². The molecular formula is C21H33ClO2. The van der Waals surface area contributed by atoms with Gasteiger partial charge in [-0.3, -0.25) is 4.79 Å². The Balaban J connectivity index is 1.60. The molecule has 0 radical (unpaired) electrons. The van der Waals surface area contributed by atoms with Crippen LogP contribution in [-0.4, -0.2) is 22.9 Å². The van der Waals surface area contributed by atoms with Crippen LogP contribution in [0.2, 0.25) is 0 Å². The molecule has 8 atom stereocenters. The number of ketones is 1. The number of carbonyl (C=O) groups excluding carboxylic acids is 1. The van der Waals surface area contributed by atoms with Crippen molar-refractivity contribution in [3.8, 4) is 0 Å². The Labute approximate surface area is 151 Å². The summed E-state index contributed by atoms with van der Waals surface area (Å²) < 4.78 is 0. The molecule has 0 spiro atoms. The van der Waals surface area contributed by atoms with Crippen molar-refractivity contribution in [3.05, 3.63) is 0 Å². The lowest BCUT2D eigenvalue weighted by Crippen LogP contribution is -2.54. The SMILES string of the molecule is C[C@]12CC[C@H](O)C[C@@H]1CC[C@@H]1[C@@H]2CC[C@]2(C)[C@@H](C(=O)CCl)CC[C@@H]12. The van der Waals surface area contributed by atoms with Gasteiger partial charge in [-0.25, -0.2) is 0 Å². The molecule has 24 heavy (non-hydrogen) atoms. The summed E-state index contributed by atoms with van der Waals surface area (Å²) in [5, 5.41) is 10.1. The zero-order valence-corrected chi connectivity index (χ0v) is 16.0. The number of Topliss-reactive ketones (excluding diaryl/α,β-unsaturated/α-hetero) is 1. The van der Waals surface area contributed by atoms with Crippen molar-refractivity contribution in [2.75, 3.05) is 5.88 Å². The Morgan fingerprint density at radius 3 is 2.46 bits per heavy atom. The third-order valence-corrected chi connectivity index (χ3v) is 9.42. The first kappa shape index (κ1) is 17.3. The van der Waals surface area contributed by atoms with E-state index in [1.165, 1.54) is 38.5 Å². The van der Waals surface area contributed by atoms with Gasteiger partial charge in [-0.2, -0.15) is 0 Å². The third-order valence-electron chi connectivity index (χ3n) is 9.16. The lowest BCUT2D eigenvalue weighted by molar-refractivity contribution is -0.138. The number of hydrogen-bond acceptors (Lipinski definition) is 2. The van der Waals surface area contributed by atoms with Gasteiger partial charge in [-0.1, -0.05) is 13.8 Å². The van der Waals surface area contributed by atoms with Gasteiger partial charge in [0.2, 0.25) is 0 Å². The van der Waals surface area contributed by atoms with Gasteiger partial charge in [0.1, 0.15) is 0 Å². The maximum Gasteiger partial charge on any atom is 0.151 e. The lowest BCUT2D eigenvalue weighted by Gasteiger charge is -2.60. The fourth-order valence-electron chi connectivity index (χ4n) is 7.86. The molecule has 2 nitrogen and oxygen atoms in total. The Bertz CT molecular complexity index is 520. The molecule has 0 aliphatic heterocycles. The molecule has 0 saturated heterocycles. The number of rotatable bonds is 2. The molecule has 4 fully saturated rings. The van der Waals surface area contributed by atoms with E-state index in [0.29, 0.717) is 17.1 Å². The van der Waals surface area contributed by atoms with Crippen molar-refractivity contribution in [1.29, 1.82) is 0 Å². The number of aliphatic hydroxyl groups excluding tert-OH is 1. The molecular weight excluding hydrogens is 320 g/mol. The molecule has 136 valence electrons. The molecule has 0 bridgehead atoms. The predicted octanol–water partition coefficient (Wildman–Crippen LogP) is 4.81. The van der Waals surface area contributed by atoms with Crippen molar-refractivity contribution >= 4 is 17.4 Å². The lowest BCUT2D eigenvalue weighted by atomic mass is 9.44. The summed E-state index contributed by atoms with van der Waals surface area (Å²) in [6.07, 6.45) is 10.5. The maximum absolute atomic E-state index is 12.4. The Morgan fingerprint density at radius 2 is 1.71 bits per heavy atom. The van der Waals surface area contributed by atoms with Crippen LogP contribution in [0.25, 0.3) is 0 Å². The molecule has 0 heterocycles. The van der Waals surface area contributed by atoms with Crippen LogP contribution >= 0.6 is 11.6 Å². The monoisotopic (exact) mass is 352 g/mol. The zero-order chi connectivity index (χ0) is 17.1. The van der Waals surface area contributed by atoms with Crippen LogP contribution in [0.4, 0.5) is 0 Å². The van der Waals surface area contributed by atoms with Crippen molar-refractivity contribution in [2.45, 2.75) is 77.7 Å². The third kappa shape index (κ3) is 2.35. The van der Waals surface area contributed by atoms with Crippen molar-refractivity contribution < 1.29 is 9.90 Å². The summed E-state index contributed by atoms with van der Waals surface area (Å²) in [5.74, 6) is 3.74. The van der Waals surface area contributed by atoms with Gasteiger partial charge in [0, 0.05) is 5.92 Å². The second kappa shape index (κ2) is 5.98. The molecule has 1 N–H and O–H groups in total. The quantitative estimate of drug-likeness (QED) is 0.724. The summed E-state index contributed by atoms with van der Waals surface area (Å²) in [5.41, 5.74) is 0.628. The van der Waals surface area contributed by atoms with Crippen LogP contribution in [0.1, 0.15) is 71.6 Å². The van der Waals surface area contributed by atoms with E-state index in [1.807, 2.05) is 0 Å². The van der Waals surface area contributed by atoms with Crippen LogP contribution in [0, 0.1) is 40.4 Å². The van der Waals surface area contributed by atoms with E-state index in [-0.39, 0.29) is 23.3 Å². The van der Waals surface area contributed by atoms with Gasteiger partial charge >= 0.3 is 0 Å². The average molecular weight is 353 g/mol. The van der Waals surface area contributed by atoms with E-state index in [1.54, 1.807) is 0 Å². The molecule has 0 aromatic heterocycles. The summed E-state index contributed by atoms with van der Waals surface area (Å²) >= 11 is 5.92. The first-order valence-electron chi connectivity index (χ1n) is 10.2. The van der Waals surface area contributed by atoms with E-state index in [2.05, 4.69) is 13.8 Å². The second-order valence-corrected chi connectivity index (χ2v) is 10.1. The number of aliphatic hydroxyl groups is 1. The number of hydrogen-bond donors (Lipinski definition) is 1. The molecule has 0 unspecified atom stereocenters. The standard InChI is InChI=1S/C21H33ClO2/c1-20-9-7-14(23)11-13(20)3-4-15-16-5-6-18(19(24)12-22)21(16,2)10-8-17(15)20/h13-18,23H,3-12H2,1-2H3/t13-,14-,15-,16-,17-,18+,20-,21-/m0/s1. The van der Waals surface area contributed by atoms with Crippen molar-refractivity contribution in [2.24, 2.45) is 40.4 Å². The van der Waals surface area contributed by atoms with Crippen LogP contribution < -0.4 is 0 Å². The fourth-order valence-corrected chi connectivity index (χ4v) is 8.04. The van der Waals surface area contributed by atoms with Gasteiger partial charge in [-0.15, -0.1) is 11.6 Å². The van der Waals surface area contributed by atoms with E-state index in [0.717, 1.165) is 37.0 Å². The first-order valence-corrected chi connectivity index (χ1v) is 10.7. The van der Waals surface area contributed by atoms with Gasteiger partial charge in [0.15, 0.2) is 5.78 Å². The average Bonchev–Trinajstić information content (AvgIpc) is 2.92. The van der Waals surface area contributed by atoms with Gasteiger partial charge < -0.3 is 5.11 Å². The molecule has 0 aromatic rings. The highest BCUT2D eigenvalue weighted by atomic mass is 35.5. The van der Waals surface area contributed by atoms with Gasteiger partial charge in [0.25, 0.3) is 0 Å². The van der Waals surface area contributed by atoms with Crippen LogP contribution in [0.3, 0.4) is 0 Å². The number of fused-ring (bicyclic) bond motifs is 5. The van der Waals surface area contributed by atoms with Crippen molar-refractivity contribution in [1.82, 2.24) is 0 Å². The number of carbonyl (C=O) groups is 1. The maximum atomic E-state index is 12.4. The molecule has 4 aliphatic carbocycles. The Morgan fingerprint density at radius 1 is 1.00 bits per heavy atom. The first-order chi connectivity index (χ1) is 11.4. The fraction of sp³-hybridized carbons (Fsp3) is 0.952. The van der Waals surface area contributed by atoms with Gasteiger partial charge in [-0.05, 0) is 92.3 Å². The molecule has 0 aromatic carbocycles. The van der Waals surface area contributed by atoms with Crippen molar-refractivity contribution in [3.63, 3.8) is 0 Å². The number of alkyl halides is 1. The van der Waals surface area contributed by atoms with E-state index >= 15 is 0 Å². The summed E-state index contributed by atoms with van der Waals surface area (Å²) in [6, 6.07) is 0. The summed E-state index contributed by atoms with van der Waals surface area (Å²) in [6.45, 7) is 4.93. The normalized spacial score (nSPS) is 53.8. The number of halogens is 1. The van der Waals surface area contributed by atoms with E-state index < -0.39 is 0 Å². The molecule has 4 rings (SSSR count). The largest absolute Gasteiger partial charge is 0.393 e. The van der Waals surface area contributed by atoms with Crippen LogP contribution in [0.5, 0.6) is 0 Å². The predicted molar refractivity (Wildman–Crippen MR) is 97.0 cm³/mol. The topological polar surface area (TPSA) is 37.3 Å². The highest BCUT2D eigenvalue weighted by Gasteiger charge is 2.60. The Kier molecular flexibility index (Phi) is 4.32. The second-order valence-electron chi connectivity index (χ2n) is 9.86. The zero-order valence-electron chi connectivity index (χ0n) is 15.3. The minimum atomic E-state index is -0.0642. The molecule has 0 amide bonds. The summed E-state index contributed by atoms with van der Waals surface area (Å²) in [7, 11) is 0. The molecule has 4 saturated carbocycles. The highest BCUT2D eigenvalue weighted by Crippen LogP contribution is 2.67. The van der Waals surface area contributed by atoms with E-state index in [4.69, 9.17) is 11.6 Å².